The van der Waals surface area contributed by atoms with Crippen LogP contribution in [0.25, 0.3) is 0 Å². The minimum absolute atomic E-state index is 0.0668. The molecule has 2 N–H and O–H groups in total. The molecule has 6 nitrogen and oxygen atoms in total. The number of hydrogen-bond acceptors (Lipinski definition) is 4. The average Bonchev–Trinajstić information content (AvgIpc) is 2.53. The second kappa shape index (κ2) is 9.08. The number of rotatable bonds is 2. The lowest BCUT2D eigenvalue weighted by Crippen LogP contribution is -2.50. The number of hydrogen-bond donors (Lipinski definition) is 2. The number of amides is 2. The van der Waals surface area contributed by atoms with E-state index in [9.17, 15) is 9.59 Å². The van der Waals surface area contributed by atoms with E-state index in [0.29, 0.717) is 36.5 Å². The summed E-state index contributed by atoms with van der Waals surface area (Å²) in [6.07, 6.45) is 1.10. The lowest BCUT2D eigenvalue weighted by molar-refractivity contribution is 0.0203. The summed E-state index contributed by atoms with van der Waals surface area (Å²) < 4.78 is 5.38. The molecule has 0 aromatic heterocycles. The van der Waals surface area contributed by atoms with Gasteiger partial charge in [0.2, 0.25) is 0 Å². The molecular formula is C18H23Cl2N3O3S. The van der Waals surface area contributed by atoms with Gasteiger partial charge in [0.05, 0.1) is 10.6 Å². The Labute approximate surface area is 174 Å². The first-order valence-electron chi connectivity index (χ1n) is 8.60. The maximum atomic E-state index is 12.3. The molecule has 2 amide bonds. The summed E-state index contributed by atoms with van der Waals surface area (Å²) in [5, 5.41) is 6.66. The Morgan fingerprint density at radius 3 is 2.41 bits per heavy atom. The summed E-state index contributed by atoms with van der Waals surface area (Å²) in [5.74, 6) is -0.402. The number of carbonyl (C=O) groups is 2. The highest BCUT2D eigenvalue weighted by Gasteiger charge is 2.27. The molecule has 0 saturated carbocycles. The van der Waals surface area contributed by atoms with Crippen LogP contribution >= 0.6 is 35.4 Å². The third-order valence-electron chi connectivity index (χ3n) is 3.88. The molecule has 1 saturated heterocycles. The molecule has 0 aliphatic carbocycles. The van der Waals surface area contributed by atoms with Crippen molar-refractivity contribution in [1.29, 1.82) is 0 Å². The van der Waals surface area contributed by atoms with Crippen molar-refractivity contribution in [2.24, 2.45) is 0 Å². The molecule has 0 unspecified atom stereocenters. The minimum Gasteiger partial charge on any atom is -0.444 e. The summed E-state index contributed by atoms with van der Waals surface area (Å²) >= 11 is 17.1. The molecule has 27 heavy (non-hydrogen) atoms. The van der Waals surface area contributed by atoms with Crippen LogP contribution in [0.4, 0.5) is 4.79 Å². The van der Waals surface area contributed by atoms with E-state index in [1.165, 1.54) is 6.07 Å². The zero-order valence-electron chi connectivity index (χ0n) is 15.5. The molecule has 2 rings (SSSR count). The summed E-state index contributed by atoms with van der Waals surface area (Å²) in [4.78, 5) is 26.0. The van der Waals surface area contributed by atoms with Crippen LogP contribution in [0.3, 0.4) is 0 Å². The van der Waals surface area contributed by atoms with Gasteiger partial charge in [0.25, 0.3) is 5.91 Å². The fraction of sp³-hybridized carbons (Fsp3) is 0.500. The smallest absolute Gasteiger partial charge is 0.410 e. The average molecular weight is 432 g/mol. The summed E-state index contributed by atoms with van der Waals surface area (Å²) in [6.45, 7) is 6.64. The van der Waals surface area contributed by atoms with Gasteiger partial charge in [-0.1, -0.05) is 23.2 Å². The molecule has 0 atom stereocenters. The number of halogens is 2. The van der Waals surface area contributed by atoms with Gasteiger partial charge in [0.1, 0.15) is 5.60 Å². The van der Waals surface area contributed by atoms with Crippen molar-refractivity contribution in [3.8, 4) is 0 Å². The van der Waals surface area contributed by atoms with Crippen molar-refractivity contribution in [1.82, 2.24) is 15.5 Å². The van der Waals surface area contributed by atoms with E-state index in [1.54, 1.807) is 17.0 Å². The van der Waals surface area contributed by atoms with Gasteiger partial charge < -0.3 is 15.0 Å². The van der Waals surface area contributed by atoms with Crippen molar-refractivity contribution < 1.29 is 14.3 Å². The van der Waals surface area contributed by atoms with Crippen LogP contribution in [-0.2, 0) is 4.74 Å². The zero-order chi connectivity index (χ0) is 20.2. The second-order valence-electron chi connectivity index (χ2n) is 7.29. The number of nitrogens with zero attached hydrogens (tertiary/aromatic N) is 1. The highest BCUT2D eigenvalue weighted by atomic mass is 35.5. The van der Waals surface area contributed by atoms with Gasteiger partial charge in [-0.2, -0.15) is 0 Å². The van der Waals surface area contributed by atoms with E-state index in [0.717, 1.165) is 0 Å². The van der Waals surface area contributed by atoms with E-state index in [4.69, 9.17) is 40.2 Å². The van der Waals surface area contributed by atoms with E-state index in [-0.39, 0.29) is 22.3 Å². The number of benzene rings is 1. The topological polar surface area (TPSA) is 70.7 Å². The Morgan fingerprint density at radius 2 is 1.85 bits per heavy atom. The standard InChI is InChI=1S/C18H23Cl2N3O3S/c1-18(2,3)26-17(25)23-8-6-12(7-9-23)21-16(27)22-15(24)13-5-4-11(19)10-14(13)20/h4-5,10,12H,6-9H2,1-3H3,(H2,21,22,24,27). The van der Waals surface area contributed by atoms with Crippen molar-refractivity contribution in [3.63, 3.8) is 0 Å². The zero-order valence-corrected chi connectivity index (χ0v) is 17.8. The van der Waals surface area contributed by atoms with Crippen LogP contribution in [-0.4, -0.2) is 46.7 Å². The van der Waals surface area contributed by atoms with E-state index >= 15 is 0 Å². The normalized spacial score (nSPS) is 15.2. The maximum Gasteiger partial charge on any atom is 0.410 e. The van der Waals surface area contributed by atoms with Gasteiger partial charge in [-0.05, 0) is 64.0 Å². The number of piperidine rings is 1. The Hall–Kier alpha value is -1.57. The first-order valence-corrected chi connectivity index (χ1v) is 9.76. The van der Waals surface area contributed by atoms with Gasteiger partial charge in [-0.25, -0.2) is 4.79 Å². The van der Waals surface area contributed by atoms with Gasteiger partial charge in [-0.3, -0.25) is 10.1 Å². The molecule has 9 heteroatoms. The molecule has 1 aromatic carbocycles. The van der Waals surface area contributed by atoms with Gasteiger partial charge in [0, 0.05) is 24.2 Å². The molecular weight excluding hydrogens is 409 g/mol. The number of ether oxygens (including phenoxy) is 1. The molecule has 1 heterocycles. The Bertz CT molecular complexity index is 729. The predicted octanol–water partition coefficient (Wildman–Crippen LogP) is 4.00. The number of likely N-dealkylation sites (tertiary alicyclic amines) is 1. The van der Waals surface area contributed by atoms with Crippen molar-refractivity contribution in [3.05, 3.63) is 33.8 Å². The Balaban J connectivity index is 1.80. The highest BCUT2D eigenvalue weighted by molar-refractivity contribution is 7.80. The highest BCUT2D eigenvalue weighted by Crippen LogP contribution is 2.21. The lowest BCUT2D eigenvalue weighted by atomic mass is 10.1. The molecule has 0 radical (unpaired) electrons. The third-order valence-corrected chi connectivity index (χ3v) is 4.65. The van der Waals surface area contributed by atoms with Crippen molar-refractivity contribution in [2.45, 2.75) is 45.3 Å². The van der Waals surface area contributed by atoms with Gasteiger partial charge >= 0.3 is 6.09 Å². The molecule has 148 valence electrons. The van der Waals surface area contributed by atoms with Crippen molar-refractivity contribution >= 4 is 52.5 Å². The quantitative estimate of drug-likeness (QED) is 0.692. The molecule has 1 aliphatic heterocycles. The van der Waals surface area contributed by atoms with Crippen LogP contribution in [0.1, 0.15) is 44.0 Å². The largest absolute Gasteiger partial charge is 0.444 e. The fourth-order valence-corrected chi connectivity index (χ4v) is 3.35. The number of carbonyl (C=O) groups excluding carboxylic acids is 2. The summed E-state index contributed by atoms with van der Waals surface area (Å²) in [5.41, 5.74) is -0.217. The van der Waals surface area contributed by atoms with E-state index < -0.39 is 11.5 Å². The number of nitrogens with one attached hydrogen (secondary N) is 2. The summed E-state index contributed by atoms with van der Waals surface area (Å²) in [6, 6.07) is 4.70. The van der Waals surface area contributed by atoms with Crippen LogP contribution < -0.4 is 10.6 Å². The van der Waals surface area contributed by atoms with Crippen LogP contribution in [0.15, 0.2) is 18.2 Å². The molecule has 1 aromatic rings. The second-order valence-corrected chi connectivity index (χ2v) is 8.55. The third kappa shape index (κ3) is 6.83. The molecule has 0 bridgehead atoms. The first-order chi connectivity index (χ1) is 12.5. The Morgan fingerprint density at radius 1 is 1.22 bits per heavy atom. The molecule has 1 fully saturated rings. The first kappa shape index (κ1) is 21.7. The fourth-order valence-electron chi connectivity index (χ4n) is 2.60. The molecule has 0 spiro atoms. The van der Waals surface area contributed by atoms with E-state index in [2.05, 4.69) is 10.6 Å². The van der Waals surface area contributed by atoms with Gasteiger partial charge in [-0.15, -0.1) is 0 Å². The van der Waals surface area contributed by atoms with E-state index in [1.807, 2.05) is 20.8 Å². The summed E-state index contributed by atoms with van der Waals surface area (Å²) in [7, 11) is 0. The van der Waals surface area contributed by atoms with Crippen LogP contribution in [0, 0.1) is 0 Å². The predicted molar refractivity (Wildman–Crippen MR) is 110 cm³/mol. The monoisotopic (exact) mass is 431 g/mol. The lowest BCUT2D eigenvalue weighted by Gasteiger charge is -2.34. The van der Waals surface area contributed by atoms with Crippen LogP contribution in [0.2, 0.25) is 10.0 Å². The number of thiocarbonyl (C=S) groups is 1. The maximum absolute atomic E-state index is 12.3. The minimum atomic E-state index is -0.513. The van der Waals surface area contributed by atoms with Crippen LogP contribution in [0.5, 0.6) is 0 Å². The van der Waals surface area contributed by atoms with Gasteiger partial charge in [0.15, 0.2) is 5.11 Å². The SMILES string of the molecule is CC(C)(C)OC(=O)N1CCC(NC(=S)NC(=O)c2ccc(Cl)cc2Cl)CC1. The van der Waals surface area contributed by atoms with Crippen molar-refractivity contribution in [2.75, 3.05) is 13.1 Å². The molecule has 1 aliphatic rings. The Kier molecular flexibility index (Phi) is 7.31.